The van der Waals surface area contributed by atoms with E-state index >= 15 is 0 Å². The number of aryl methyl sites for hydroxylation is 1. The Morgan fingerprint density at radius 3 is 2.76 bits per heavy atom. The normalized spacial score (nSPS) is 19.4. The zero-order valence-corrected chi connectivity index (χ0v) is 21.5. The first-order chi connectivity index (χ1) is 17.8. The van der Waals surface area contributed by atoms with Crippen LogP contribution in [0.4, 0.5) is 5.13 Å². The number of carboxylic acid groups (broad SMARTS) is 1. The van der Waals surface area contributed by atoms with E-state index in [0.717, 1.165) is 23.5 Å². The molecule has 1 unspecified atom stereocenters. The lowest BCUT2D eigenvalue weighted by Gasteiger charge is -2.49. The molecule has 2 aliphatic rings. The third-order valence-electron chi connectivity index (χ3n) is 5.65. The molecule has 13 nitrogen and oxygen atoms in total. The first kappa shape index (κ1) is 26.5. The fraction of sp³-hybridized carbons (Fsp3) is 0.409. The fourth-order valence-electron chi connectivity index (χ4n) is 3.92. The summed E-state index contributed by atoms with van der Waals surface area (Å²) < 4.78 is 5.82. The van der Waals surface area contributed by atoms with Crippen LogP contribution < -0.4 is 15.6 Å². The number of nitrogens with two attached hydrogens (primary N) is 1. The van der Waals surface area contributed by atoms with Crippen LogP contribution in [0.15, 0.2) is 41.0 Å². The Kier molecular flexibility index (Phi) is 8.35. The van der Waals surface area contributed by atoms with Gasteiger partial charge in [-0.25, -0.2) is 9.36 Å². The third-order valence-corrected chi connectivity index (χ3v) is 7.53. The van der Waals surface area contributed by atoms with Crippen LogP contribution in [-0.4, -0.2) is 78.3 Å². The van der Waals surface area contributed by atoms with Crippen molar-refractivity contribution in [1.29, 1.82) is 0 Å². The van der Waals surface area contributed by atoms with Gasteiger partial charge in [0.15, 0.2) is 24.1 Å². The summed E-state index contributed by atoms with van der Waals surface area (Å²) in [5.41, 5.74) is 6.96. The summed E-state index contributed by atoms with van der Waals surface area (Å²) in [7, 11) is 0. The summed E-state index contributed by atoms with van der Waals surface area (Å²) in [5, 5.41) is 24.9. The van der Waals surface area contributed by atoms with Crippen molar-refractivity contribution in [2.24, 2.45) is 5.16 Å². The third kappa shape index (κ3) is 5.73. The van der Waals surface area contributed by atoms with Gasteiger partial charge in [-0.2, -0.15) is 9.36 Å². The highest BCUT2D eigenvalue weighted by molar-refractivity contribution is 8.00. The molecular weight excluding hydrogens is 522 g/mol. The molecule has 4 heterocycles. The monoisotopic (exact) mass is 548 g/mol. The first-order valence-electron chi connectivity index (χ1n) is 11.4. The smallest absolute Gasteiger partial charge is 0.352 e. The van der Waals surface area contributed by atoms with E-state index in [4.69, 9.17) is 15.7 Å². The molecule has 0 radical (unpaired) electrons. The molecule has 1 fully saturated rings. The number of amides is 2. The summed E-state index contributed by atoms with van der Waals surface area (Å²) in [6.45, 7) is 2.30. The summed E-state index contributed by atoms with van der Waals surface area (Å²) in [5.74, 6) is -2.13. The van der Waals surface area contributed by atoms with Crippen LogP contribution in [0.3, 0.4) is 0 Å². The number of nitrogen functional groups attached to an aromatic ring is 1. The van der Waals surface area contributed by atoms with Crippen LogP contribution in [0.25, 0.3) is 0 Å². The number of pyridine rings is 1. The quantitative estimate of drug-likeness (QED) is 0.124. The predicted octanol–water partition coefficient (Wildman–Crippen LogP) is -0.488. The zero-order valence-electron chi connectivity index (χ0n) is 19.9. The molecule has 15 heteroatoms. The first-order valence-corrected chi connectivity index (χ1v) is 13.3. The van der Waals surface area contributed by atoms with Gasteiger partial charge >= 0.3 is 5.97 Å². The average Bonchev–Trinajstić information content (AvgIpc) is 3.32. The number of β-lactam (4-membered cyclic amide) rings is 1. The number of aliphatic hydroxyl groups excluding tert-OH is 1. The summed E-state index contributed by atoms with van der Waals surface area (Å²) in [6, 6.07) is 2.89. The number of aliphatic hydroxyl groups is 1. The Labute approximate surface area is 220 Å². The molecule has 2 aromatic heterocycles. The van der Waals surface area contributed by atoms with Gasteiger partial charge in [0.05, 0.1) is 0 Å². The fourth-order valence-corrected chi connectivity index (χ4v) is 5.69. The van der Waals surface area contributed by atoms with Gasteiger partial charge in [0.1, 0.15) is 23.7 Å². The second kappa shape index (κ2) is 11.7. The van der Waals surface area contributed by atoms with Crippen LogP contribution in [0, 0.1) is 0 Å². The number of carboxylic acids is 1. The molecule has 196 valence electrons. The summed E-state index contributed by atoms with van der Waals surface area (Å²) >= 11 is 2.25. The van der Waals surface area contributed by atoms with Crippen molar-refractivity contribution >= 4 is 51.9 Å². The average molecular weight is 549 g/mol. The Hall–Kier alpha value is -3.56. The molecule has 5 N–H and O–H groups in total. The number of aliphatic carboxylic acids is 1. The number of fused-ring (bicyclic) bond motifs is 1. The van der Waals surface area contributed by atoms with Crippen LogP contribution in [0.2, 0.25) is 0 Å². The number of thioether (sulfide) groups is 1. The Morgan fingerprint density at radius 2 is 2.14 bits per heavy atom. The van der Waals surface area contributed by atoms with Crippen LogP contribution >= 0.6 is 23.3 Å². The van der Waals surface area contributed by atoms with E-state index in [2.05, 4.69) is 19.8 Å². The lowest BCUT2D eigenvalue weighted by atomic mass is 10.0. The van der Waals surface area contributed by atoms with Crippen molar-refractivity contribution in [3.05, 3.63) is 47.2 Å². The number of aromatic nitrogens is 3. The highest BCUT2D eigenvalue weighted by atomic mass is 32.2. The maximum atomic E-state index is 13.0. The number of oxime groups is 1. The SMILES string of the molecule is CCO/N=C(\C(=O)NC1C(=O)N2C(C(=O)O)=C(C[n+]3ccc(CCCO)cc3)CS[C@H]12)c1nsc(N)n1. The largest absolute Gasteiger partial charge is 0.477 e. The number of hydrogen-bond donors (Lipinski definition) is 4. The van der Waals surface area contributed by atoms with Gasteiger partial charge in [0.2, 0.25) is 11.5 Å². The van der Waals surface area contributed by atoms with Crippen molar-refractivity contribution in [3.63, 3.8) is 0 Å². The standard InChI is InChI=1S/C22H25N7O6S2/c1-2-35-26-14(17-25-22(23)37-27-17)18(31)24-15-19(32)29-16(21(33)34)13(11-36-20(15)29)10-28-7-5-12(6-8-28)4-3-9-30/h5-8,15,20,30H,2-4,9-11H2,1H3,(H3-,23,24,25,27,31,33,34)/p+1/b26-14-/t15?,20-/m1/s1. The number of carbonyl (C=O) groups is 3. The maximum Gasteiger partial charge on any atom is 0.352 e. The number of anilines is 1. The number of nitrogens with one attached hydrogen (secondary N) is 1. The van der Waals surface area contributed by atoms with E-state index < -0.39 is 29.2 Å². The lowest BCUT2D eigenvalue weighted by molar-refractivity contribution is -0.689. The molecule has 0 saturated carbocycles. The Morgan fingerprint density at radius 1 is 1.38 bits per heavy atom. The minimum Gasteiger partial charge on any atom is -0.477 e. The number of nitrogens with zero attached hydrogens (tertiary/aromatic N) is 5. The molecule has 2 atom stereocenters. The molecule has 1 saturated heterocycles. The predicted molar refractivity (Wildman–Crippen MR) is 134 cm³/mol. The summed E-state index contributed by atoms with van der Waals surface area (Å²) in [4.78, 5) is 48.3. The van der Waals surface area contributed by atoms with Gasteiger partial charge < -0.3 is 26.1 Å². The molecule has 37 heavy (non-hydrogen) atoms. The maximum absolute atomic E-state index is 13.0. The molecule has 0 spiro atoms. The zero-order chi connectivity index (χ0) is 26.5. The van der Waals surface area contributed by atoms with Crippen molar-refractivity contribution in [1.82, 2.24) is 19.6 Å². The highest BCUT2D eigenvalue weighted by Gasteiger charge is 2.54. The van der Waals surface area contributed by atoms with Crippen LogP contribution in [0.1, 0.15) is 24.7 Å². The van der Waals surface area contributed by atoms with E-state index in [0.29, 0.717) is 24.3 Å². The second-order valence-electron chi connectivity index (χ2n) is 8.14. The van der Waals surface area contributed by atoms with Gasteiger partial charge in [0.25, 0.3) is 11.8 Å². The van der Waals surface area contributed by atoms with Gasteiger partial charge in [-0.05, 0) is 25.3 Å². The highest BCUT2D eigenvalue weighted by Crippen LogP contribution is 2.40. The van der Waals surface area contributed by atoms with Crippen molar-refractivity contribution in [2.45, 2.75) is 37.7 Å². The molecule has 0 aromatic carbocycles. The van der Waals surface area contributed by atoms with Gasteiger partial charge in [-0.3, -0.25) is 14.5 Å². The van der Waals surface area contributed by atoms with E-state index in [9.17, 15) is 19.5 Å². The second-order valence-corrected chi connectivity index (χ2v) is 10.0. The minimum absolute atomic E-state index is 0.0267. The minimum atomic E-state index is -1.21. The van der Waals surface area contributed by atoms with E-state index in [1.54, 1.807) is 6.92 Å². The number of hydrogen-bond acceptors (Lipinski definition) is 11. The lowest BCUT2D eigenvalue weighted by Crippen LogP contribution is -2.71. The van der Waals surface area contributed by atoms with Crippen molar-refractivity contribution in [2.75, 3.05) is 24.7 Å². The number of rotatable bonds is 11. The molecule has 2 amide bonds. The van der Waals surface area contributed by atoms with Crippen molar-refractivity contribution < 1.29 is 34.0 Å². The van der Waals surface area contributed by atoms with Crippen LogP contribution in [0.5, 0.6) is 0 Å². The van der Waals surface area contributed by atoms with E-state index in [1.165, 1.54) is 16.7 Å². The molecule has 0 bridgehead atoms. The van der Waals surface area contributed by atoms with Crippen LogP contribution in [-0.2, 0) is 32.2 Å². The molecule has 2 aliphatic heterocycles. The molecule has 4 rings (SSSR count). The van der Waals surface area contributed by atoms with E-state index in [1.807, 2.05) is 29.1 Å². The Balaban J connectivity index is 1.49. The molecule has 2 aromatic rings. The van der Waals surface area contributed by atoms with Gasteiger partial charge in [-0.15, -0.1) is 11.8 Å². The number of carbonyl (C=O) groups excluding carboxylic acids is 2. The van der Waals surface area contributed by atoms with Gasteiger partial charge in [0, 0.05) is 41.6 Å². The van der Waals surface area contributed by atoms with Crippen molar-refractivity contribution in [3.8, 4) is 0 Å². The molecular formula is C22H26N7O6S2+. The Bertz CT molecular complexity index is 1250. The van der Waals surface area contributed by atoms with E-state index in [-0.39, 0.29) is 35.6 Å². The molecule has 0 aliphatic carbocycles. The topological polar surface area (TPSA) is 184 Å². The van der Waals surface area contributed by atoms with Gasteiger partial charge in [-0.1, -0.05) is 5.16 Å². The summed E-state index contributed by atoms with van der Waals surface area (Å²) in [6.07, 6.45) is 5.10.